The van der Waals surface area contributed by atoms with Gasteiger partial charge in [-0.05, 0) is 36.8 Å². The zero-order valence-corrected chi connectivity index (χ0v) is 13.6. The third kappa shape index (κ3) is 4.52. The van der Waals surface area contributed by atoms with Crippen molar-refractivity contribution in [1.29, 1.82) is 0 Å². The van der Waals surface area contributed by atoms with Crippen molar-refractivity contribution in [3.8, 4) is 0 Å². The average Bonchev–Trinajstić information content (AvgIpc) is 2.81. The van der Waals surface area contributed by atoms with Gasteiger partial charge in [0.15, 0.2) is 14.9 Å². The third-order valence-electron chi connectivity index (χ3n) is 3.08. The zero-order valence-electron chi connectivity index (χ0n) is 11.2. The Morgan fingerprint density at radius 3 is 2.68 bits per heavy atom. The van der Waals surface area contributed by atoms with Crippen molar-refractivity contribution in [3.05, 3.63) is 29.0 Å². The lowest BCUT2D eigenvalue weighted by molar-refractivity contribution is -0.124. The molecule has 0 saturated carbocycles. The summed E-state index contributed by atoms with van der Waals surface area (Å²) in [7, 11) is -3.12. The number of carbonyl (C=O) groups is 1. The lowest BCUT2D eigenvalue weighted by atomic mass is 10.1. The molecule has 1 aromatic rings. The van der Waals surface area contributed by atoms with Gasteiger partial charge in [-0.15, -0.1) is 0 Å². The number of sulfone groups is 1. The summed E-state index contributed by atoms with van der Waals surface area (Å²) < 4.78 is 35.6. The Labute approximate surface area is 137 Å². The Morgan fingerprint density at radius 1 is 1.36 bits per heavy atom. The quantitative estimate of drug-likeness (QED) is 0.540. The summed E-state index contributed by atoms with van der Waals surface area (Å²) in [6.45, 7) is 0. The van der Waals surface area contributed by atoms with E-state index in [1.807, 2.05) is 0 Å². The minimum Gasteiger partial charge on any atom is -0.331 e. The van der Waals surface area contributed by atoms with Gasteiger partial charge in [0.1, 0.15) is 5.82 Å². The second kappa shape index (κ2) is 6.76. The minimum atomic E-state index is -3.12. The van der Waals surface area contributed by atoms with Gasteiger partial charge in [0.25, 0.3) is 0 Å². The Morgan fingerprint density at radius 2 is 2.09 bits per heavy atom. The van der Waals surface area contributed by atoms with E-state index >= 15 is 0 Å². The number of anilines is 1. The van der Waals surface area contributed by atoms with E-state index in [0.29, 0.717) is 12.1 Å². The first-order chi connectivity index (χ1) is 10.3. The molecule has 0 bridgehead atoms. The van der Waals surface area contributed by atoms with E-state index in [1.165, 1.54) is 18.2 Å². The Kier molecular flexibility index (Phi) is 5.20. The van der Waals surface area contributed by atoms with Gasteiger partial charge in [0.05, 0.1) is 22.4 Å². The molecule has 0 spiro atoms. The summed E-state index contributed by atoms with van der Waals surface area (Å²) in [5.74, 6) is -1.72. The summed E-state index contributed by atoms with van der Waals surface area (Å²) in [6, 6.07) is 3.95. The highest BCUT2D eigenvalue weighted by Crippen LogP contribution is 2.19. The molecule has 1 aliphatic heterocycles. The molecule has 1 amide bonds. The van der Waals surface area contributed by atoms with Gasteiger partial charge in [0.2, 0.25) is 5.91 Å². The third-order valence-corrected chi connectivity index (χ3v) is 5.34. The standard InChI is InChI=1S/C12H13ClFN3O3S2/c13-9-5-8(1-2-10(9)14)15-12(21)17-16-11(18)7-3-4-22(19,20)6-7/h1-2,5,7H,3-4,6H2,(H,16,18)(H2,15,17,21)/t7-/m1/s1. The second-order valence-corrected chi connectivity index (χ2v) is 7.84. The van der Waals surface area contributed by atoms with Crippen LogP contribution >= 0.6 is 23.8 Å². The van der Waals surface area contributed by atoms with E-state index in [2.05, 4.69) is 16.2 Å². The fraction of sp³-hybridized carbons (Fsp3) is 0.333. The maximum absolute atomic E-state index is 13.0. The van der Waals surface area contributed by atoms with Crippen LogP contribution in [0.25, 0.3) is 0 Å². The van der Waals surface area contributed by atoms with Crippen molar-refractivity contribution in [2.75, 3.05) is 16.8 Å². The molecule has 3 N–H and O–H groups in total. The molecule has 1 fully saturated rings. The fourth-order valence-electron chi connectivity index (χ4n) is 1.96. The van der Waals surface area contributed by atoms with Gasteiger partial charge in [0, 0.05) is 5.69 Å². The molecule has 2 rings (SSSR count). The molecule has 0 unspecified atom stereocenters. The molecule has 0 aliphatic carbocycles. The number of amides is 1. The van der Waals surface area contributed by atoms with Crippen molar-refractivity contribution in [3.63, 3.8) is 0 Å². The molecular formula is C12H13ClFN3O3S2. The van der Waals surface area contributed by atoms with E-state index in [9.17, 15) is 17.6 Å². The highest BCUT2D eigenvalue weighted by Gasteiger charge is 2.32. The molecule has 6 nitrogen and oxygen atoms in total. The van der Waals surface area contributed by atoms with E-state index < -0.39 is 27.5 Å². The van der Waals surface area contributed by atoms with Crippen molar-refractivity contribution < 1.29 is 17.6 Å². The molecule has 1 aromatic carbocycles. The predicted octanol–water partition coefficient (Wildman–Crippen LogP) is 1.23. The number of hydrazine groups is 1. The Hall–Kier alpha value is -1.45. The summed E-state index contributed by atoms with van der Waals surface area (Å²) >= 11 is 10.6. The van der Waals surface area contributed by atoms with Gasteiger partial charge in [-0.2, -0.15) is 0 Å². The number of nitrogens with one attached hydrogen (secondary N) is 3. The van der Waals surface area contributed by atoms with Crippen LogP contribution in [0, 0.1) is 11.7 Å². The number of halogens is 2. The van der Waals surface area contributed by atoms with Crippen LogP contribution in [0.1, 0.15) is 6.42 Å². The maximum Gasteiger partial charge on any atom is 0.242 e. The van der Waals surface area contributed by atoms with Crippen LogP contribution in [-0.2, 0) is 14.6 Å². The van der Waals surface area contributed by atoms with E-state index in [0.717, 1.165) is 0 Å². The summed E-state index contributed by atoms with van der Waals surface area (Å²) in [4.78, 5) is 11.8. The van der Waals surface area contributed by atoms with Gasteiger partial charge in [-0.3, -0.25) is 15.6 Å². The molecule has 22 heavy (non-hydrogen) atoms. The minimum absolute atomic E-state index is 0.0157. The summed E-state index contributed by atoms with van der Waals surface area (Å²) in [6.07, 6.45) is 0.295. The fourth-order valence-corrected chi connectivity index (χ4v) is 4.05. The van der Waals surface area contributed by atoms with Crippen LogP contribution in [0.3, 0.4) is 0 Å². The van der Waals surface area contributed by atoms with Crippen molar-refractivity contribution >= 4 is 50.4 Å². The number of carbonyl (C=O) groups excluding carboxylic acids is 1. The molecular weight excluding hydrogens is 353 g/mol. The first-order valence-electron chi connectivity index (χ1n) is 6.29. The van der Waals surface area contributed by atoms with Crippen LogP contribution in [-0.4, -0.2) is 30.9 Å². The second-order valence-electron chi connectivity index (χ2n) is 4.80. The largest absolute Gasteiger partial charge is 0.331 e. The number of thiocarbonyl (C=S) groups is 1. The molecule has 1 aliphatic rings. The van der Waals surface area contributed by atoms with Gasteiger partial charge < -0.3 is 5.32 Å². The number of hydrogen-bond acceptors (Lipinski definition) is 4. The Bertz CT molecular complexity index is 712. The first kappa shape index (κ1) is 16.9. The lowest BCUT2D eigenvalue weighted by Gasteiger charge is -2.14. The summed E-state index contributed by atoms with van der Waals surface area (Å²) in [5, 5.41) is 2.71. The smallest absolute Gasteiger partial charge is 0.242 e. The van der Waals surface area contributed by atoms with Crippen LogP contribution in [0.15, 0.2) is 18.2 Å². The van der Waals surface area contributed by atoms with Gasteiger partial charge >= 0.3 is 0 Å². The normalized spacial score (nSPS) is 19.5. The van der Waals surface area contributed by atoms with Crippen molar-refractivity contribution in [2.45, 2.75) is 6.42 Å². The molecule has 10 heteroatoms. The Balaban J connectivity index is 1.82. The molecule has 1 saturated heterocycles. The van der Waals surface area contributed by atoms with Crippen molar-refractivity contribution in [1.82, 2.24) is 10.9 Å². The van der Waals surface area contributed by atoms with E-state index in [-0.39, 0.29) is 21.6 Å². The monoisotopic (exact) mass is 365 g/mol. The maximum atomic E-state index is 13.0. The average molecular weight is 366 g/mol. The van der Waals surface area contributed by atoms with Crippen LogP contribution in [0.2, 0.25) is 5.02 Å². The van der Waals surface area contributed by atoms with Gasteiger partial charge in [-0.1, -0.05) is 11.6 Å². The van der Waals surface area contributed by atoms with Crippen LogP contribution in [0.5, 0.6) is 0 Å². The van der Waals surface area contributed by atoms with Crippen molar-refractivity contribution in [2.24, 2.45) is 5.92 Å². The van der Waals surface area contributed by atoms with Gasteiger partial charge in [-0.25, -0.2) is 12.8 Å². The van der Waals surface area contributed by atoms with Crippen LogP contribution < -0.4 is 16.2 Å². The molecule has 120 valence electrons. The molecule has 1 atom stereocenters. The first-order valence-corrected chi connectivity index (χ1v) is 8.90. The highest BCUT2D eigenvalue weighted by atomic mass is 35.5. The topological polar surface area (TPSA) is 87.3 Å². The van der Waals surface area contributed by atoms with Crippen LogP contribution in [0.4, 0.5) is 10.1 Å². The highest BCUT2D eigenvalue weighted by molar-refractivity contribution is 7.91. The molecule has 0 radical (unpaired) electrons. The van der Waals surface area contributed by atoms with E-state index in [4.69, 9.17) is 23.8 Å². The lowest BCUT2D eigenvalue weighted by Crippen LogP contribution is -2.46. The summed E-state index contributed by atoms with van der Waals surface area (Å²) in [5.41, 5.74) is 5.25. The SMILES string of the molecule is O=C(NNC(=S)Nc1ccc(F)c(Cl)c1)[C@@H]1CCS(=O)(=O)C1. The number of hydrogen-bond donors (Lipinski definition) is 3. The predicted molar refractivity (Wildman–Crippen MR) is 85.7 cm³/mol. The zero-order chi connectivity index (χ0) is 16.3. The molecule has 1 heterocycles. The molecule has 0 aromatic heterocycles. The number of rotatable bonds is 2. The number of benzene rings is 1. The van der Waals surface area contributed by atoms with E-state index in [1.54, 1.807) is 0 Å².